The third-order valence-electron chi connectivity index (χ3n) is 4.50. The summed E-state index contributed by atoms with van der Waals surface area (Å²) in [6.07, 6.45) is 0.254. The lowest BCUT2D eigenvalue weighted by Gasteiger charge is -2.30. The topological polar surface area (TPSA) is 52.7 Å². The fourth-order valence-electron chi connectivity index (χ4n) is 3.29. The normalized spacial score (nSPS) is 16.7. The highest BCUT2D eigenvalue weighted by molar-refractivity contribution is 6.42. The van der Waals surface area contributed by atoms with Crippen LogP contribution in [0.2, 0.25) is 10.0 Å². The zero-order valence-electron chi connectivity index (χ0n) is 15.2. The van der Waals surface area contributed by atoms with Crippen LogP contribution < -0.4 is 10.2 Å². The summed E-state index contributed by atoms with van der Waals surface area (Å²) in [4.78, 5) is 28.7. The molecule has 1 atom stereocenters. The minimum Gasteiger partial charge on any atom is -0.324 e. The van der Waals surface area contributed by atoms with E-state index in [0.29, 0.717) is 22.3 Å². The van der Waals surface area contributed by atoms with Gasteiger partial charge in [0.05, 0.1) is 28.0 Å². The molecule has 0 saturated carbocycles. The lowest BCUT2D eigenvalue weighted by molar-refractivity contribution is -0.120. The van der Waals surface area contributed by atoms with Crippen LogP contribution in [-0.4, -0.2) is 36.3 Å². The van der Waals surface area contributed by atoms with E-state index in [1.165, 1.54) is 0 Å². The molecular weight excluding hydrogens is 385 g/mol. The highest BCUT2D eigenvalue weighted by Crippen LogP contribution is 2.31. The van der Waals surface area contributed by atoms with E-state index in [2.05, 4.69) is 5.32 Å². The van der Waals surface area contributed by atoms with Crippen LogP contribution in [0.25, 0.3) is 0 Å². The van der Waals surface area contributed by atoms with Crippen molar-refractivity contribution >= 4 is 46.4 Å². The second-order valence-corrected chi connectivity index (χ2v) is 7.55. The Hall–Kier alpha value is -2.08. The Balaban J connectivity index is 1.78. The number of amides is 2. The van der Waals surface area contributed by atoms with E-state index < -0.39 is 0 Å². The van der Waals surface area contributed by atoms with Gasteiger partial charge in [-0.05, 0) is 37.7 Å². The highest BCUT2D eigenvalue weighted by atomic mass is 35.5. The third-order valence-corrected chi connectivity index (χ3v) is 5.36. The van der Waals surface area contributed by atoms with Crippen molar-refractivity contribution in [3.8, 4) is 0 Å². The first-order valence-electron chi connectivity index (χ1n) is 8.69. The summed E-state index contributed by atoms with van der Waals surface area (Å²) in [5.41, 5.74) is 2.23. The second kappa shape index (κ2) is 8.30. The molecule has 7 heteroatoms. The number of hydrogen-bond donors (Lipinski definition) is 1. The van der Waals surface area contributed by atoms with Gasteiger partial charge in [-0.1, -0.05) is 47.5 Å². The standard InChI is InChI=1S/C20H21Cl2N3O2/c1-13-10-18(26)23-16-8-3-4-9-17(16)25(13)19(27)12-24(2)11-14-6-5-7-15(21)20(14)22/h3-9,13H,10-12H2,1-2H3,(H,23,26). The molecule has 0 saturated heterocycles. The molecule has 1 heterocycles. The SMILES string of the molecule is CC1CC(=O)Nc2ccccc2N1C(=O)CN(C)Cc1cccc(Cl)c1Cl. The van der Waals surface area contributed by atoms with Crippen molar-refractivity contribution in [2.45, 2.75) is 25.9 Å². The third kappa shape index (κ3) is 4.43. The summed E-state index contributed by atoms with van der Waals surface area (Å²) in [6.45, 7) is 2.56. The minimum atomic E-state index is -0.232. The number of fused-ring (bicyclic) bond motifs is 1. The first-order valence-corrected chi connectivity index (χ1v) is 9.44. The van der Waals surface area contributed by atoms with Crippen LogP contribution in [0.1, 0.15) is 18.9 Å². The zero-order chi connectivity index (χ0) is 19.6. The monoisotopic (exact) mass is 405 g/mol. The zero-order valence-corrected chi connectivity index (χ0v) is 16.7. The Labute approximate surface area is 168 Å². The number of likely N-dealkylation sites (N-methyl/N-ethyl adjacent to an activating group) is 1. The van der Waals surface area contributed by atoms with Gasteiger partial charge in [0.15, 0.2) is 0 Å². The molecule has 0 spiro atoms. The summed E-state index contributed by atoms with van der Waals surface area (Å²) >= 11 is 12.3. The van der Waals surface area contributed by atoms with Crippen molar-refractivity contribution in [2.24, 2.45) is 0 Å². The average Bonchev–Trinajstić information content (AvgIpc) is 2.73. The lowest BCUT2D eigenvalue weighted by atomic mass is 10.1. The molecule has 1 aliphatic rings. The van der Waals surface area contributed by atoms with Gasteiger partial charge in [0.2, 0.25) is 11.8 Å². The molecule has 0 bridgehead atoms. The number of carbonyl (C=O) groups excluding carboxylic acids is 2. The van der Waals surface area contributed by atoms with E-state index in [0.717, 1.165) is 11.3 Å². The number of nitrogens with one attached hydrogen (secondary N) is 1. The molecule has 0 radical (unpaired) electrons. The molecule has 27 heavy (non-hydrogen) atoms. The van der Waals surface area contributed by atoms with Crippen molar-refractivity contribution in [3.63, 3.8) is 0 Å². The Morgan fingerprint density at radius 1 is 1.22 bits per heavy atom. The van der Waals surface area contributed by atoms with Crippen LogP contribution in [0.15, 0.2) is 42.5 Å². The van der Waals surface area contributed by atoms with Crippen LogP contribution in [0.4, 0.5) is 11.4 Å². The molecule has 2 amide bonds. The van der Waals surface area contributed by atoms with E-state index in [4.69, 9.17) is 23.2 Å². The number of carbonyl (C=O) groups is 2. The molecule has 2 aromatic rings. The maximum absolute atomic E-state index is 13.1. The van der Waals surface area contributed by atoms with Gasteiger partial charge in [-0.25, -0.2) is 0 Å². The fourth-order valence-corrected chi connectivity index (χ4v) is 3.67. The molecule has 0 aromatic heterocycles. The van der Waals surface area contributed by atoms with Gasteiger partial charge < -0.3 is 10.2 Å². The van der Waals surface area contributed by atoms with Crippen LogP contribution >= 0.6 is 23.2 Å². The van der Waals surface area contributed by atoms with E-state index in [9.17, 15) is 9.59 Å². The summed E-state index contributed by atoms with van der Waals surface area (Å²) in [5, 5.41) is 3.86. The van der Waals surface area contributed by atoms with E-state index in [1.807, 2.05) is 49.2 Å². The molecule has 0 fully saturated rings. The van der Waals surface area contributed by atoms with Crippen LogP contribution in [0.3, 0.4) is 0 Å². The fraction of sp³-hybridized carbons (Fsp3) is 0.300. The molecule has 1 unspecified atom stereocenters. The van der Waals surface area contributed by atoms with Crippen molar-refractivity contribution in [1.29, 1.82) is 0 Å². The van der Waals surface area contributed by atoms with Crippen molar-refractivity contribution < 1.29 is 9.59 Å². The number of rotatable bonds is 4. The Bertz CT molecular complexity index is 872. The number of para-hydroxylation sites is 2. The average molecular weight is 406 g/mol. The molecule has 3 rings (SSSR count). The molecule has 5 nitrogen and oxygen atoms in total. The highest BCUT2D eigenvalue weighted by Gasteiger charge is 2.29. The van der Waals surface area contributed by atoms with E-state index >= 15 is 0 Å². The van der Waals surface area contributed by atoms with Crippen molar-refractivity contribution in [2.75, 3.05) is 23.8 Å². The van der Waals surface area contributed by atoms with Gasteiger partial charge in [-0.3, -0.25) is 14.5 Å². The first kappa shape index (κ1) is 19.7. The van der Waals surface area contributed by atoms with Crippen LogP contribution in [0, 0.1) is 0 Å². The quantitative estimate of drug-likeness (QED) is 0.829. The smallest absolute Gasteiger partial charge is 0.241 e. The van der Waals surface area contributed by atoms with Gasteiger partial charge in [0.1, 0.15) is 0 Å². The first-order chi connectivity index (χ1) is 12.9. The van der Waals surface area contributed by atoms with Gasteiger partial charge >= 0.3 is 0 Å². The Morgan fingerprint density at radius 3 is 2.74 bits per heavy atom. The van der Waals surface area contributed by atoms with Crippen molar-refractivity contribution in [3.05, 3.63) is 58.1 Å². The van der Waals surface area contributed by atoms with Gasteiger partial charge in [-0.2, -0.15) is 0 Å². The summed E-state index contributed by atoms with van der Waals surface area (Å²) in [7, 11) is 1.85. The maximum atomic E-state index is 13.1. The second-order valence-electron chi connectivity index (χ2n) is 6.77. The maximum Gasteiger partial charge on any atom is 0.241 e. The van der Waals surface area contributed by atoms with Gasteiger partial charge in [-0.15, -0.1) is 0 Å². The van der Waals surface area contributed by atoms with E-state index in [-0.39, 0.29) is 30.8 Å². The summed E-state index contributed by atoms with van der Waals surface area (Å²) < 4.78 is 0. The molecule has 2 aromatic carbocycles. The number of benzene rings is 2. The summed E-state index contributed by atoms with van der Waals surface area (Å²) in [5.74, 6) is -0.170. The summed E-state index contributed by atoms with van der Waals surface area (Å²) in [6, 6.07) is 12.6. The lowest BCUT2D eigenvalue weighted by Crippen LogP contribution is -2.44. The van der Waals surface area contributed by atoms with Crippen LogP contribution in [0.5, 0.6) is 0 Å². The number of hydrogen-bond acceptors (Lipinski definition) is 3. The Morgan fingerprint density at radius 2 is 1.96 bits per heavy atom. The predicted molar refractivity (Wildman–Crippen MR) is 109 cm³/mol. The van der Waals surface area contributed by atoms with Gasteiger partial charge in [0, 0.05) is 19.0 Å². The van der Waals surface area contributed by atoms with E-state index in [1.54, 1.807) is 17.0 Å². The molecule has 0 aliphatic carbocycles. The van der Waals surface area contributed by atoms with Crippen LogP contribution in [-0.2, 0) is 16.1 Å². The minimum absolute atomic E-state index is 0.0768. The molecular formula is C20H21Cl2N3O2. The Kier molecular flexibility index (Phi) is 6.05. The number of halogens is 2. The molecule has 142 valence electrons. The largest absolute Gasteiger partial charge is 0.324 e. The molecule has 1 N–H and O–H groups in total. The van der Waals surface area contributed by atoms with Gasteiger partial charge in [0.25, 0.3) is 0 Å². The number of nitrogens with zero attached hydrogens (tertiary/aromatic N) is 2. The molecule has 1 aliphatic heterocycles. The number of anilines is 2. The van der Waals surface area contributed by atoms with Crippen molar-refractivity contribution in [1.82, 2.24) is 4.90 Å². The predicted octanol–water partition coefficient (Wildman–Crippen LogP) is 4.19.